The fraction of sp³-hybridized carbons (Fsp3) is 0.667. The van der Waals surface area contributed by atoms with E-state index in [0.717, 1.165) is 25.7 Å². The van der Waals surface area contributed by atoms with Crippen LogP contribution in [-0.2, 0) is 4.79 Å². The lowest BCUT2D eigenvalue weighted by atomic mass is 10.0. The molecule has 3 atom stereocenters. The van der Waals surface area contributed by atoms with E-state index >= 15 is 0 Å². The largest absolute Gasteiger partial charge is 0.481 e. The van der Waals surface area contributed by atoms with Crippen LogP contribution in [0.25, 0.3) is 0 Å². The summed E-state index contributed by atoms with van der Waals surface area (Å²) in [6.07, 6.45) is 8.74. The number of hydrogen-bond acceptors (Lipinski definition) is 1. The monoisotopic (exact) mass is 234 g/mol. The number of hydrogen-bond donors (Lipinski definition) is 1. The van der Waals surface area contributed by atoms with Gasteiger partial charge in [0.2, 0.25) is 0 Å². The minimum atomic E-state index is -0.627. The van der Waals surface area contributed by atoms with E-state index in [-0.39, 0.29) is 5.92 Å². The van der Waals surface area contributed by atoms with E-state index in [1.165, 1.54) is 11.1 Å². The number of carbonyl (C=O) groups is 1. The highest BCUT2D eigenvalue weighted by Crippen LogP contribution is 2.62. The molecule has 1 fully saturated rings. The molecule has 0 bridgehead atoms. The average molecular weight is 234 g/mol. The molecular weight excluding hydrogens is 212 g/mol. The number of aliphatic carboxylic acids is 1. The molecule has 0 aliphatic heterocycles. The summed E-state index contributed by atoms with van der Waals surface area (Å²) in [7, 11) is 0. The van der Waals surface area contributed by atoms with E-state index in [1.54, 1.807) is 0 Å². The summed E-state index contributed by atoms with van der Waals surface area (Å²) in [6, 6.07) is 0. The van der Waals surface area contributed by atoms with Crippen molar-refractivity contribution in [3.8, 4) is 0 Å². The predicted octanol–water partition coefficient (Wildman–Crippen LogP) is 3.79. The normalized spacial score (nSPS) is 43.7. The van der Waals surface area contributed by atoms with Crippen molar-refractivity contribution >= 4 is 5.97 Å². The first kappa shape index (κ1) is 12.4. The highest BCUT2D eigenvalue weighted by Gasteiger charge is 2.64. The van der Waals surface area contributed by atoms with Gasteiger partial charge in [0.1, 0.15) is 0 Å². The van der Waals surface area contributed by atoms with Gasteiger partial charge >= 0.3 is 5.97 Å². The Labute approximate surface area is 103 Å². The van der Waals surface area contributed by atoms with Crippen molar-refractivity contribution in [2.24, 2.45) is 17.3 Å². The van der Waals surface area contributed by atoms with E-state index in [0.29, 0.717) is 5.92 Å². The number of allylic oxidation sites excluding steroid dienone is 4. The Morgan fingerprint density at radius 3 is 2.71 bits per heavy atom. The molecule has 0 unspecified atom stereocenters. The first-order chi connectivity index (χ1) is 7.96. The van der Waals surface area contributed by atoms with Gasteiger partial charge in [-0.1, -0.05) is 23.3 Å². The first-order valence-corrected chi connectivity index (χ1v) is 6.52. The van der Waals surface area contributed by atoms with Gasteiger partial charge in [-0.05, 0) is 58.3 Å². The molecule has 1 N–H and O–H groups in total. The first-order valence-electron chi connectivity index (χ1n) is 6.52. The minimum Gasteiger partial charge on any atom is -0.481 e. The maximum atomic E-state index is 11.4. The fourth-order valence-electron chi connectivity index (χ4n) is 3.13. The second-order valence-corrected chi connectivity index (χ2v) is 5.86. The van der Waals surface area contributed by atoms with Gasteiger partial charge in [0.15, 0.2) is 0 Å². The SMILES string of the molecule is C/C1=C\[C@H]2[C@@H](CC/C(C)=C/CC1)[C@]2(C)C(=O)O. The summed E-state index contributed by atoms with van der Waals surface area (Å²) in [5.41, 5.74) is 2.25. The molecular formula is C15H22O2. The summed E-state index contributed by atoms with van der Waals surface area (Å²) >= 11 is 0. The Balaban J connectivity index is 2.22. The Morgan fingerprint density at radius 2 is 2.06 bits per heavy atom. The molecule has 0 saturated heterocycles. The molecule has 0 radical (unpaired) electrons. The van der Waals surface area contributed by atoms with Crippen molar-refractivity contribution in [1.82, 2.24) is 0 Å². The Hall–Kier alpha value is -1.05. The van der Waals surface area contributed by atoms with Crippen LogP contribution in [0.5, 0.6) is 0 Å². The van der Waals surface area contributed by atoms with Gasteiger partial charge in [0.05, 0.1) is 5.41 Å². The lowest BCUT2D eigenvalue weighted by Crippen LogP contribution is -2.14. The van der Waals surface area contributed by atoms with Crippen molar-refractivity contribution in [3.63, 3.8) is 0 Å². The molecule has 0 amide bonds. The summed E-state index contributed by atoms with van der Waals surface area (Å²) in [5.74, 6) is -0.0419. The average Bonchev–Trinajstić information content (AvgIpc) is 2.82. The van der Waals surface area contributed by atoms with E-state index in [9.17, 15) is 9.90 Å². The third-order valence-corrected chi connectivity index (χ3v) is 4.59. The van der Waals surface area contributed by atoms with Crippen molar-refractivity contribution in [2.75, 3.05) is 0 Å². The quantitative estimate of drug-likeness (QED) is 0.701. The minimum absolute atomic E-state index is 0.255. The van der Waals surface area contributed by atoms with Crippen LogP contribution in [0, 0.1) is 17.3 Å². The van der Waals surface area contributed by atoms with E-state index < -0.39 is 11.4 Å². The zero-order valence-electron chi connectivity index (χ0n) is 11.0. The topological polar surface area (TPSA) is 37.3 Å². The summed E-state index contributed by atoms with van der Waals surface area (Å²) < 4.78 is 0. The molecule has 2 aliphatic rings. The number of carboxylic acid groups (broad SMARTS) is 1. The maximum absolute atomic E-state index is 11.4. The van der Waals surface area contributed by atoms with Crippen molar-refractivity contribution < 1.29 is 9.90 Å². The number of rotatable bonds is 1. The molecule has 2 aliphatic carbocycles. The number of fused-ring (bicyclic) bond motifs is 1. The summed E-state index contributed by atoms with van der Waals surface area (Å²) in [6.45, 7) is 6.20. The molecule has 0 aromatic rings. The molecule has 0 aromatic heterocycles. The molecule has 17 heavy (non-hydrogen) atoms. The Bertz CT molecular complexity index is 392. The van der Waals surface area contributed by atoms with Crippen LogP contribution in [0.4, 0.5) is 0 Å². The smallest absolute Gasteiger partial charge is 0.310 e. The second kappa shape index (κ2) is 4.32. The third kappa shape index (κ3) is 2.18. The maximum Gasteiger partial charge on any atom is 0.310 e. The predicted molar refractivity (Wildman–Crippen MR) is 68.7 cm³/mol. The van der Waals surface area contributed by atoms with E-state index in [4.69, 9.17) is 0 Å². The molecule has 0 heterocycles. The summed E-state index contributed by atoms with van der Waals surface area (Å²) in [4.78, 5) is 11.4. The van der Waals surface area contributed by atoms with Crippen LogP contribution in [0.3, 0.4) is 0 Å². The third-order valence-electron chi connectivity index (χ3n) is 4.59. The van der Waals surface area contributed by atoms with Crippen LogP contribution >= 0.6 is 0 Å². The zero-order valence-corrected chi connectivity index (χ0v) is 11.0. The molecule has 2 rings (SSSR count). The standard InChI is InChI=1S/C15H22O2/c1-10-5-4-6-11(2)9-13-12(8-7-10)15(13,3)14(16)17/h5,9,12-13H,4,6-8H2,1-3H3,(H,16,17)/b10-5+,11-9+/t12-,13+,15+/m1/s1. The molecule has 94 valence electrons. The molecule has 2 nitrogen and oxygen atoms in total. The Kier molecular flexibility index (Phi) is 3.15. The van der Waals surface area contributed by atoms with Gasteiger partial charge in [-0.2, -0.15) is 0 Å². The molecule has 2 heteroatoms. The fourth-order valence-corrected chi connectivity index (χ4v) is 3.13. The molecule has 1 saturated carbocycles. The van der Waals surface area contributed by atoms with E-state index in [1.807, 2.05) is 6.92 Å². The van der Waals surface area contributed by atoms with Gasteiger partial charge < -0.3 is 5.11 Å². The highest BCUT2D eigenvalue weighted by atomic mass is 16.4. The van der Waals surface area contributed by atoms with Gasteiger partial charge in [-0.25, -0.2) is 0 Å². The zero-order chi connectivity index (χ0) is 12.6. The van der Waals surface area contributed by atoms with Crippen LogP contribution in [0.15, 0.2) is 23.3 Å². The lowest BCUT2D eigenvalue weighted by Gasteiger charge is -2.05. The van der Waals surface area contributed by atoms with Crippen molar-refractivity contribution in [1.29, 1.82) is 0 Å². The summed E-state index contributed by atoms with van der Waals surface area (Å²) in [5, 5.41) is 9.38. The Morgan fingerprint density at radius 1 is 1.35 bits per heavy atom. The number of carboxylic acids is 1. The van der Waals surface area contributed by atoms with Crippen LogP contribution in [0.2, 0.25) is 0 Å². The lowest BCUT2D eigenvalue weighted by molar-refractivity contribution is -0.143. The molecule has 0 aromatic carbocycles. The van der Waals surface area contributed by atoms with Crippen molar-refractivity contribution in [3.05, 3.63) is 23.3 Å². The van der Waals surface area contributed by atoms with Gasteiger partial charge in [0.25, 0.3) is 0 Å². The highest BCUT2D eigenvalue weighted by molar-refractivity contribution is 5.79. The van der Waals surface area contributed by atoms with Crippen molar-refractivity contribution in [2.45, 2.75) is 46.5 Å². The van der Waals surface area contributed by atoms with Crippen LogP contribution in [0.1, 0.15) is 46.5 Å². The van der Waals surface area contributed by atoms with Crippen LogP contribution < -0.4 is 0 Å². The van der Waals surface area contributed by atoms with Gasteiger partial charge in [-0.3, -0.25) is 4.79 Å². The van der Waals surface area contributed by atoms with Gasteiger partial charge in [0, 0.05) is 0 Å². The second-order valence-electron chi connectivity index (χ2n) is 5.86. The van der Waals surface area contributed by atoms with E-state index in [2.05, 4.69) is 26.0 Å². The van der Waals surface area contributed by atoms with Crippen LogP contribution in [-0.4, -0.2) is 11.1 Å². The van der Waals surface area contributed by atoms with Gasteiger partial charge in [-0.15, -0.1) is 0 Å². The molecule has 0 spiro atoms.